The predicted molar refractivity (Wildman–Crippen MR) is 400 cm³/mol. The summed E-state index contributed by atoms with van der Waals surface area (Å²) in [7, 11) is 0. The van der Waals surface area contributed by atoms with Gasteiger partial charge in [-0.05, 0) is 47.5 Å². The molecule has 0 radical (unpaired) electrons. The van der Waals surface area contributed by atoms with Crippen molar-refractivity contribution in [2.24, 2.45) is 0 Å². The average Bonchev–Trinajstić information content (AvgIpc) is 0.777. The van der Waals surface area contributed by atoms with Gasteiger partial charge in [0.2, 0.25) is 0 Å². The highest BCUT2D eigenvalue weighted by atomic mass is 14.9. The molecule has 0 spiro atoms. The number of aromatic nitrogens is 8. The van der Waals surface area contributed by atoms with Gasteiger partial charge in [-0.15, -0.1) is 0 Å². The minimum Gasteiger partial charge on any atom is -0.243 e. The lowest BCUT2D eigenvalue weighted by Crippen LogP contribution is -2.01. The normalized spacial score (nSPS) is 11.0. The van der Waals surface area contributed by atoms with Crippen molar-refractivity contribution in [3.63, 3.8) is 0 Å². The van der Waals surface area contributed by atoms with E-state index in [1.165, 1.54) is 0 Å². The van der Waals surface area contributed by atoms with E-state index in [0.29, 0.717) is 45.6 Å². The Morgan fingerprint density at radius 3 is 0.770 bits per heavy atom. The molecule has 0 aliphatic heterocycles. The first-order valence-corrected chi connectivity index (χ1v) is 32.8. The first-order valence-electron chi connectivity index (χ1n) is 32.8. The van der Waals surface area contributed by atoms with Gasteiger partial charge < -0.3 is 0 Å². The first-order chi connectivity index (χ1) is 49.4. The summed E-state index contributed by atoms with van der Waals surface area (Å²) in [5.41, 5.74) is 23.9. The van der Waals surface area contributed by atoms with Gasteiger partial charge in [-0.1, -0.05) is 303 Å². The summed E-state index contributed by atoms with van der Waals surface area (Å²) < 4.78 is 0. The van der Waals surface area contributed by atoms with E-state index in [2.05, 4.69) is 127 Å². The Balaban J connectivity index is 0.751. The third kappa shape index (κ3) is 12.5. The molecule has 12 aromatic carbocycles. The molecule has 10 heteroatoms. The van der Waals surface area contributed by atoms with Gasteiger partial charge in [0.15, 0.2) is 11.6 Å². The molecule has 0 bridgehead atoms. The standard InChI is InChI=1S/C90H56N10/c91-57-59-39-41-60(42-40-59)77-55-79(95-90(94-77)71-49-47-69(48-50-71)88-86(67-33-18-6-19-34-67)98-82(63-25-10-2-11-26-63)84(100-88)65-29-14-4-15-30-65)73-38-22-37-72(53-73)76-52-51-74(54-75(76)58-92)80-56-78(93-89(96-80)70-35-20-7-21-36-70)61-43-45-68(46-44-61)87-85(66-31-16-5-17-32-66)97-81(62-23-8-1-9-24-62)83(99-87)64-27-12-3-13-28-64/h1-56H. The summed E-state index contributed by atoms with van der Waals surface area (Å²) in [6.45, 7) is 0. The van der Waals surface area contributed by atoms with E-state index in [1.807, 2.05) is 212 Å². The van der Waals surface area contributed by atoms with E-state index < -0.39 is 0 Å². The largest absolute Gasteiger partial charge is 0.243 e. The van der Waals surface area contributed by atoms with Gasteiger partial charge >= 0.3 is 0 Å². The van der Waals surface area contributed by atoms with Crippen molar-refractivity contribution in [2.75, 3.05) is 0 Å². The van der Waals surface area contributed by atoms with Gasteiger partial charge in [-0.25, -0.2) is 39.9 Å². The first kappa shape index (κ1) is 60.9. The van der Waals surface area contributed by atoms with Crippen molar-refractivity contribution in [3.8, 4) is 181 Å². The van der Waals surface area contributed by atoms with E-state index >= 15 is 0 Å². The predicted octanol–water partition coefficient (Wildman–Crippen LogP) is 21.6. The van der Waals surface area contributed by atoms with Crippen LogP contribution in [0.15, 0.2) is 340 Å². The molecule has 0 unspecified atom stereocenters. The van der Waals surface area contributed by atoms with Gasteiger partial charge in [0.1, 0.15) is 0 Å². The van der Waals surface area contributed by atoms with Crippen molar-refractivity contribution in [1.29, 1.82) is 10.5 Å². The molecule has 10 nitrogen and oxygen atoms in total. The summed E-state index contributed by atoms with van der Waals surface area (Å²) >= 11 is 0. The van der Waals surface area contributed by atoms with Crippen LogP contribution in [0.25, 0.3) is 169 Å². The molecule has 16 rings (SSSR count). The van der Waals surface area contributed by atoms with Crippen molar-refractivity contribution in [2.45, 2.75) is 0 Å². The van der Waals surface area contributed by atoms with Crippen LogP contribution in [0, 0.1) is 22.7 Å². The lowest BCUT2D eigenvalue weighted by atomic mass is 9.94. The maximum absolute atomic E-state index is 11.1. The second-order valence-corrected chi connectivity index (χ2v) is 24.0. The molecule has 0 saturated heterocycles. The van der Waals surface area contributed by atoms with Crippen molar-refractivity contribution in [1.82, 2.24) is 39.9 Å². The third-order valence-electron chi connectivity index (χ3n) is 17.6. The van der Waals surface area contributed by atoms with E-state index in [0.717, 1.165) is 135 Å². The molecule has 0 atom stereocenters. The third-order valence-corrected chi connectivity index (χ3v) is 17.6. The molecule has 0 aliphatic rings. The minimum absolute atomic E-state index is 0.469. The van der Waals surface area contributed by atoms with E-state index in [1.54, 1.807) is 12.1 Å². The molecule has 466 valence electrons. The molecule has 0 N–H and O–H groups in total. The number of hydrogen-bond donors (Lipinski definition) is 0. The molecule has 16 aromatic rings. The highest BCUT2D eigenvalue weighted by Crippen LogP contribution is 2.42. The topological polar surface area (TPSA) is 151 Å². The number of benzene rings is 12. The monoisotopic (exact) mass is 1280 g/mol. The Kier molecular flexibility index (Phi) is 16.6. The van der Waals surface area contributed by atoms with Crippen LogP contribution >= 0.6 is 0 Å². The number of hydrogen-bond acceptors (Lipinski definition) is 10. The average molecular weight is 1280 g/mol. The molecule has 0 amide bonds. The Bertz CT molecular complexity index is 5730. The molecule has 4 heterocycles. The Hall–Kier alpha value is -14.1. The number of nitrogens with zero attached hydrogens (tertiary/aromatic N) is 10. The maximum Gasteiger partial charge on any atom is 0.160 e. The molecular weight excluding hydrogens is 1220 g/mol. The van der Waals surface area contributed by atoms with E-state index in [9.17, 15) is 10.5 Å². The molecule has 0 saturated carbocycles. The lowest BCUT2D eigenvalue weighted by Gasteiger charge is -2.16. The van der Waals surface area contributed by atoms with Crippen LogP contribution in [0.1, 0.15) is 11.1 Å². The van der Waals surface area contributed by atoms with Gasteiger partial charge in [-0.2, -0.15) is 10.5 Å². The zero-order valence-electron chi connectivity index (χ0n) is 53.8. The summed E-state index contributed by atoms with van der Waals surface area (Å²) in [5, 5.41) is 20.8. The van der Waals surface area contributed by atoms with Gasteiger partial charge in [0, 0.05) is 77.9 Å². The molecule has 0 fully saturated rings. The van der Waals surface area contributed by atoms with Crippen molar-refractivity contribution in [3.05, 3.63) is 351 Å². The Labute approximate surface area is 579 Å². The highest BCUT2D eigenvalue weighted by molar-refractivity contribution is 5.90. The zero-order chi connectivity index (χ0) is 67.1. The van der Waals surface area contributed by atoms with Crippen molar-refractivity contribution < 1.29 is 0 Å². The fourth-order valence-corrected chi connectivity index (χ4v) is 12.6. The van der Waals surface area contributed by atoms with Crippen LogP contribution in [-0.2, 0) is 0 Å². The van der Waals surface area contributed by atoms with E-state index in [4.69, 9.17) is 39.9 Å². The SMILES string of the molecule is N#Cc1ccc(-c2cc(-c3cccc(-c4ccc(-c5cc(-c6ccc(-c7nc(-c8ccccc8)c(-c8ccccc8)nc7-c7ccccc7)cc6)nc(-c6ccccc6)n5)cc4C#N)c3)nc(-c3ccc(-c4nc(-c5ccccc5)c(-c5ccccc5)nc4-c4ccccc4)cc3)n2)cc1. The Morgan fingerprint density at radius 1 is 0.180 bits per heavy atom. The zero-order valence-corrected chi connectivity index (χ0v) is 53.8. The smallest absolute Gasteiger partial charge is 0.160 e. The van der Waals surface area contributed by atoms with E-state index in [-0.39, 0.29) is 0 Å². The van der Waals surface area contributed by atoms with Gasteiger partial charge in [-0.3, -0.25) is 0 Å². The number of rotatable bonds is 15. The molecule has 4 aromatic heterocycles. The molecule has 100 heavy (non-hydrogen) atoms. The summed E-state index contributed by atoms with van der Waals surface area (Å²) in [6.07, 6.45) is 0. The quantitative estimate of drug-likeness (QED) is 0.0970. The second kappa shape index (κ2) is 27.3. The van der Waals surface area contributed by atoms with Crippen LogP contribution < -0.4 is 0 Å². The van der Waals surface area contributed by atoms with Crippen LogP contribution in [0.3, 0.4) is 0 Å². The fourth-order valence-electron chi connectivity index (χ4n) is 12.6. The summed E-state index contributed by atoms with van der Waals surface area (Å²) in [6, 6.07) is 118. The van der Waals surface area contributed by atoms with Crippen LogP contribution in [0.4, 0.5) is 0 Å². The highest BCUT2D eigenvalue weighted by Gasteiger charge is 2.23. The summed E-state index contributed by atoms with van der Waals surface area (Å²) in [5.74, 6) is 1.05. The number of nitriles is 2. The van der Waals surface area contributed by atoms with Crippen molar-refractivity contribution >= 4 is 0 Å². The van der Waals surface area contributed by atoms with Gasteiger partial charge in [0.05, 0.1) is 91.6 Å². The lowest BCUT2D eigenvalue weighted by molar-refractivity contribution is 1.18. The maximum atomic E-state index is 11.1. The second-order valence-electron chi connectivity index (χ2n) is 24.0. The minimum atomic E-state index is 0.469. The summed E-state index contributed by atoms with van der Waals surface area (Å²) in [4.78, 5) is 42.7. The Morgan fingerprint density at radius 2 is 0.430 bits per heavy atom. The van der Waals surface area contributed by atoms with Crippen LogP contribution in [-0.4, -0.2) is 39.9 Å². The fraction of sp³-hybridized carbons (Fsp3) is 0. The molecular formula is C90H56N10. The van der Waals surface area contributed by atoms with Gasteiger partial charge in [0.25, 0.3) is 0 Å². The van der Waals surface area contributed by atoms with Crippen LogP contribution in [0.5, 0.6) is 0 Å². The van der Waals surface area contributed by atoms with Crippen LogP contribution in [0.2, 0.25) is 0 Å². The molecule has 0 aliphatic carbocycles.